The fourth-order valence-corrected chi connectivity index (χ4v) is 5.28. The summed E-state index contributed by atoms with van der Waals surface area (Å²) in [7, 11) is -3.78. The lowest BCUT2D eigenvalue weighted by Crippen LogP contribution is -2.48. The number of nitrogens with zero attached hydrogens (tertiary/aromatic N) is 2. The highest BCUT2D eigenvalue weighted by Crippen LogP contribution is 2.34. The maximum Gasteiger partial charge on any atom is 0.501 e. The number of sulfone groups is 1. The number of hydrogen-bond donors (Lipinski definition) is 4. The third-order valence-corrected chi connectivity index (χ3v) is 8.25. The number of amides is 1. The van der Waals surface area contributed by atoms with Gasteiger partial charge in [-0.05, 0) is 69.2 Å². The lowest BCUT2D eigenvalue weighted by atomic mass is 9.81. The Morgan fingerprint density at radius 3 is 2.32 bits per heavy atom. The Hall–Kier alpha value is -2.93. The second kappa shape index (κ2) is 11.6. The zero-order chi connectivity index (χ0) is 27.4. The van der Waals surface area contributed by atoms with Gasteiger partial charge in [0, 0.05) is 43.5 Å². The van der Waals surface area contributed by atoms with E-state index in [0.29, 0.717) is 12.1 Å². The van der Waals surface area contributed by atoms with Crippen molar-refractivity contribution in [1.29, 1.82) is 0 Å². The Morgan fingerprint density at radius 2 is 1.78 bits per heavy atom. The van der Waals surface area contributed by atoms with E-state index >= 15 is 0 Å². The second-order valence-electron chi connectivity index (χ2n) is 9.51. The van der Waals surface area contributed by atoms with Gasteiger partial charge >= 0.3 is 5.51 Å². The summed E-state index contributed by atoms with van der Waals surface area (Å²) in [5.74, 6) is -0.253. The minimum atomic E-state index is -5.49. The molecule has 13 heteroatoms. The standard InChI is InChI=1S/C24H33F3N6O3S/c1-14(15-3-4-15)32-18-7-10-21(16(11-18)12-30-2)31-13-20(23(29)34)22(28)33-17-5-8-19(9-6-17)37(35,36)24(25,26)27/h5-6,8-9,12-16,18,21,31-32H,3-4,7,10-11H2,1-2H3,(H2,28,33)(H2,29,34)/b20-13+,30-12?/t14?,16-,18-,21+/m1/s1. The Kier molecular flexibility index (Phi) is 9.00. The van der Waals surface area contributed by atoms with Crippen molar-refractivity contribution in [3.63, 3.8) is 0 Å². The summed E-state index contributed by atoms with van der Waals surface area (Å²) >= 11 is 0. The molecule has 6 N–H and O–H groups in total. The van der Waals surface area contributed by atoms with Crippen LogP contribution in [0.15, 0.2) is 50.9 Å². The monoisotopic (exact) mass is 542 g/mol. The maximum absolute atomic E-state index is 12.7. The summed E-state index contributed by atoms with van der Waals surface area (Å²) in [5.41, 5.74) is 5.99. The molecule has 0 heterocycles. The number of carbonyl (C=O) groups excluding carboxylic acids is 1. The molecule has 1 aromatic carbocycles. The lowest BCUT2D eigenvalue weighted by Gasteiger charge is -2.36. The van der Waals surface area contributed by atoms with Gasteiger partial charge in [-0.1, -0.05) is 0 Å². The van der Waals surface area contributed by atoms with E-state index in [1.54, 1.807) is 7.05 Å². The van der Waals surface area contributed by atoms with E-state index in [1.807, 2.05) is 6.21 Å². The van der Waals surface area contributed by atoms with Crippen molar-refractivity contribution in [2.75, 3.05) is 7.05 Å². The summed E-state index contributed by atoms with van der Waals surface area (Å²) in [5, 5.41) is 6.93. The first-order valence-corrected chi connectivity index (χ1v) is 13.5. The number of benzene rings is 1. The number of amidine groups is 1. The molecule has 1 aromatic rings. The molecule has 0 aromatic heterocycles. The van der Waals surface area contributed by atoms with Crippen LogP contribution in [0.4, 0.5) is 18.9 Å². The van der Waals surface area contributed by atoms with Crippen LogP contribution in [-0.2, 0) is 14.6 Å². The van der Waals surface area contributed by atoms with Crippen molar-refractivity contribution >= 4 is 33.5 Å². The van der Waals surface area contributed by atoms with Crippen LogP contribution in [0.25, 0.3) is 0 Å². The zero-order valence-electron chi connectivity index (χ0n) is 20.7. The second-order valence-corrected chi connectivity index (χ2v) is 11.5. The third kappa shape index (κ3) is 7.31. The quantitative estimate of drug-likeness (QED) is 0.203. The predicted octanol–water partition coefficient (Wildman–Crippen LogP) is 2.55. The van der Waals surface area contributed by atoms with Crippen LogP contribution in [0.3, 0.4) is 0 Å². The average molecular weight is 543 g/mol. The van der Waals surface area contributed by atoms with Gasteiger partial charge in [0.1, 0.15) is 5.84 Å². The molecule has 0 radical (unpaired) electrons. The van der Waals surface area contributed by atoms with Crippen molar-refractivity contribution in [3.8, 4) is 0 Å². The van der Waals surface area contributed by atoms with E-state index < -0.39 is 26.1 Å². The molecule has 4 atom stereocenters. The maximum atomic E-state index is 12.7. The molecule has 37 heavy (non-hydrogen) atoms. The predicted molar refractivity (Wildman–Crippen MR) is 136 cm³/mol. The van der Waals surface area contributed by atoms with Gasteiger partial charge in [-0.2, -0.15) is 13.2 Å². The molecular formula is C24H33F3N6O3S. The lowest BCUT2D eigenvalue weighted by molar-refractivity contribution is -0.114. The van der Waals surface area contributed by atoms with Crippen LogP contribution in [0.5, 0.6) is 0 Å². The molecule has 0 bridgehead atoms. The summed E-state index contributed by atoms with van der Waals surface area (Å²) in [6, 6.07) is 4.48. The first-order chi connectivity index (χ1) is 17.3. The molecule has 2 aliphatic carbocycles. The fourth-order valence-electron chi connectivity index (χ4n) is 4.52. The minimum absolute atomic E-state index is 0.0213. The first-order valence-electron chi connectivity index (χ1n) is 12.0. The van der Waals surface area contributed by atoms with Gasteiger partial charge in [-0.25, -0.2) is 13.4 Å². The van der Waals surface area contributed by atoms with Crippen molar-refractivity contribution in [1.82, 2.24) is 10.6 Å². The zero-order valence-corrected chi connectivity index (χ0v) is 21.5. The van der Waals surface area contributed by atoms with Crippen LogP contribution < -0.4 is 22.1 Å². The smallest absolute Gasteiger partial charge is 0.387 e. The molecule has 0 saturated heterocycles. The van der Waals surface area contributed by atoms with Gasteiger partial charge in [0.15, 0.2) is 0 Å². The highest BCUT2D eigenvalue weighted by Gasteiger charge is 2.46. The molecule has 0 aliphatic heterocycles. The van der Waals surface area contributed by atoms with E-state index in [9.17, 15) is 26.4 Å². The highest BCUT2D eigenvalue weighted by atomic mass is 32.2. The van der Waals surface area contributed by atoms with Gasteiger partial charge in [0.25, 0.3) is 15.7 Å². The molecule has 0 spiro atoms. The summed E-state index contributed by atoms with van der Waals surface area (Å²) in [6.07, 6.45) is 8.46. The van der Waals surface area contributed by atoms with Crippen molar-refractivity contribution in [2.45, 2.75) is 67.6 Å². The summed E-state index contributed by atoms with van der Waals surface area (Å²) < 4.78 is 61.3. The molecular weight excluding hydrogens is 509 g/mol. The third-order valence-electron chi connectivity index (χ3n) is 6.75. The van der Waals surface area contributed by atoms with Gasteiger partial charge in [0.05, 0.1) is 16.2 Å². The molecule has 2 fully saturated rings. The average Bonchev–Trinajstić information content (AvgIpc) is 3.66. The highest BCUT2D eigenvalue weighted by molar-refractivity contribution is 7.92. The van der Waals surface area contributed by atoms with E-state index in [0.717, 1.165) is 49.4 Å². The molecule has 2 aliphatic rings. The number of carbonyl (C=O) groups is 1. The number of alkyl halides is 3. The van der Waals surface area contributed by atoms with Crippen LogP contribution >= 0.6 is 0 Å². The van der Waals surface area contributed by atoms with E-state index in [4.69, 9.17) is 11.5 Å². The number of nitrogens with two attached hydrogens (primary N) is 2. The normalized spacial score (nSPS) is 24.7. The number of halogens is 3. The Bertz CT molecular complexity index is 1160. The number of rotatable bonds is 10. The topological polar surface area (TPSA) is 152 Å². The minimum Gasteiger partial charge on any atom is -0.387 e. The Morgan fingerprint density at radius 1 is 1.14 bits per heavy atom. The molecule has 9 nitrogen and oxygen atoms in total. The Labute approximate surface area is 214 Å². The van der Waals surface area contributed by atoms with Crippen molar-refractivity contribution < 1.29 is 26.4 Å². The van der Waals surface area contributed by atoms with Gasteiger partial charge in [-0.15, -0.1) is 0 Å². The van der Waals surface area contributed by atoms with Crippen molar-refractivity contribution in [3.05, 3.63) is 36.0 Å². The summed E-state index contributed by atoms with van der Waals surface area (Å²) in [6.45, 7) is 2.22. The number of hydrogen-bond acceptors (Lipinski definition) is 7. The van der Waals surface area contributed by atoms with Gasteiger partial charge in [0.2, 0.25) is 0 Å². The van der Waals surface area contributed by atoms with Gasteiger partial charge in [-0.3, -0.25) is 4.79 Å². The van der Waals surface area contributed by atoms with Crippen LogP contribution in [0.1, 0.15) is 39.0 Å². The molecule has 204 valence electrons. The molecule has 2 saturated carbocycles. The number of primary amides is 1. The molecule has 1 unspecified atom stereocenters. The first kappa shape index (κ1) is 28.6. The SMILES string of the molecule is CN=C[C@H]1C[C@H](NC(C)C2CC2)CC[C@@H]1N/C=C(/C(N)=O)C(N)=Nc1ccc(S(=O)(=O)C(F)(F)F)cc1. The van der Waals surface area contributed by atoms with Gasteiger partial charge < -0.3 is 27.1 Å². The molecule has 3 rings (SSSR count). The largest absolute Gasteiger partial charge is 0.501 e. The van der Waals surface area contributed by atoms with Crippen LogP contribution in [-0.4, -0.2) is 57.1 Å². The van der Waals surface area contributed by atoms with E-state index in [-0.39, 0.29) is 29.1 Å². The van der Waals surface area contributed by atoms with E-state index in [2.05, 4.69) is 27.5 Å². The van der Waals surface area contributed by atoms with Crippen LogP contribution in [0.2, 0.25) is 0 Å². The van der Waals surface area contributed by atoms with E-state index in [1.165, 1.54) is 19.0 Å². The van der Waals surface area contributed by atoms with Crippen molar-refractivity contribution in [2.24, 2.45) is 33.3 Å². The molecule has 1 amide bonds. The number of nitrogens with one attached hydrogen (secondary N) is 2. The number of aliphatic imine (C=N–C) groups is 2. The van der Waals surface area contributed by atoms with Crippen LogP contribution in [0, 0.1) is 11.8 Å². The Balaban J connectivity index is 1.71. The fraction of sp³-hybridized carbons (Fsp3) is 0.542. The summed E-state index contributed by atoms with van der Waals surface area (Å²) in [4.78, 5) is 19.4.